The molecule has 2 atom stereocenters. The van der Waals surface area contributed by atoms with Gasteiger partial charge < -0.3 is 9.64 Å². The van der Waals surface area contributed by atoms with Crippen molar-refractivity contribution in [2.45, 2.75) is 52.1 Å². The first kappa shape index (κ1) is 17.0. The molecular formula is C19H29NO2. The van der Waals surface area contributed by atoms with Crippen molar-refractivity contribution in [1.29, 1.82) is 0 Å². The summed E-state index contributed by atoms with van der Waals surface area (Å²) < 4.78 is 5.86. The minimum absolute atomic E-state index is 0.0458. The Morgan fingerprint density at radius 1 is 1.23 bits per heavy atom. The van der Waals surface area contributed by atoms with Gasteiger partial charge in [-0.2, -0.15) is 0 Å². The van der Waals surface area contributed by atoms with Crippen LogP contribution in [0.3, 0.4) is 0 Å². The summed E-state index contributed by atoms with van der Waals surface area (Å²) in [5, 5.41) is 0. The lowest BCUT2D eigenvalue weighted by molar-refractivity contribution is -0.154. The molecule has 1 heterocycles. The first-order valence-electron chi connectivity index (χ1n) is 8.63. The minimum atomic E-state index is -0.143. The second-order valence-electron chi connectivity index (χ2n) is 6.34. The topological polar surface area (TPSA) is 29.5 Å². The lowest BCUT2D eigenvalue weighted by Crippen LogP contribution is -2.38. The molecule has 0 spiro atoms. The molecule has 0 aliphatic carbocycles. The van der Waals surface area contributed by atoms with Crippen molar-refractivity contribution in [2.24, 2.45) is 5.92 Å². The molecule has 0 radical (unpaired) electrons. The van der Waals surface area contributed by atoms with E-state index >= 15 is 0 Å². The lowest BCUT2D eigenvalue weighted by Gasteiger charge is -2.32. The number of benzene rings is 1. The summed E-state index contributed by atoms with van der Waals surface area (Å²) in [6.45, 7) is 9.61. The van der Waals surface area contributed by atoms with Gasteiger partial charge in [0.25, 0.3) is 0 Å². The molecule has 2 rings (SSSR count). The molecule has 22 heavy (non-hydrogen) atoms. The van der Waals surface area contributed by atoms with Gasteiger partial charge in [0.15, 0.2) is 0 Å². The van der Waals surface area contributed by atoms with Crippen LogP contribution >= 0.6 is 0 Å². The van der Waals surface area contributed by atoms with E-state index in [1.807, 2.05) is 30.3 Å². The normalized spacial score (nSPS) is 19.6. The van der Waals surface area contributed by atoms with Crippen LogP contribution in [-0.4, -0.2) is 36.6 Å². The highest BCUT2D eigenvalue weighted by Crippen LogP contribution is 2.29. The van der Waals surface area contributed by atoms with E-state index in [-0.39, 0.29) is 18.0 Å². The number of ether oxygens (including phenoxy) is 1. The van der Waals surface area contributed by atoms with E-state index in [1.54, 1.807) is 0 Å². The van der Waals surface area contributed by atoms with Gasteiger partial charge in [-0.25, -0.2) is 0 Å². The molecule has 0 N–H and O–H groups in total. The molecule has 3 heteroatoms. The van der Waals surface area contributed by atoms with Crippen LogP contribution in [-0.2, 0) is 9.53 Å². The van der Waals surface area contributed by atoms with Gasteiger partial charge >= 0.3 is 5.97 Å². The van der Waals surface area contributed by atoms with Crippen LogP contribution in [0.5, 0.6) is 0 Å². The molecule has 0 amide bonds. The Hall–Kier alpha value is -1.35. The highest BCUT2D eigenvalue weighted by Gasteiger charge is 2.30. The number of esters is 1. The Morgan fingerprint density at radius 3 is 2.41 bits per heavy atom. The summed E-state index contributed by atoms with van der Waals surface area (Å²) in [4.78, 5) is 15.1. The summed E-state index contributed by atoms with van der Waals surface area (Å²) in [7, 11) is 0. The van der Waals surface area contributed by atoms with E-state index in [2.05, 4.69) is 25.7 Å². The molecule has 2 unspecified atom stereocenters. The fourth-order valence-corrected chi connectivity index (χ4v) is 3.17. The van der Waals surface area contributed by atoms with Crippen molar-refractivity contribution in [3.63, 3.8) is 0 Å². The maximum atomic E-state index is 12.7. The van der Waals surface area contributed by atoms with Crippen molar-refractivity contribution in [2.75, 3.05) is 19.6 Å². The number of carbonyl (C=O) groups is 1. The quantitative estimate of drug-likeness (QED) is 0.748. The van der Waals surface area contributed by atoms with Crippen LogP contribution in [0.1, 0.15) is 51.5 Å². The number of hydrogen-bond acceptors (Lipinski definition) is 3. The van der Waals surface area contributed by atoms with Gasteiger partial charge in [0.05, 0.1) is 5.92 Å². The molecule has 3 nitrogen and oxygen atoms in total. The van der Waals surface area contributed by atoms with Gasteiger partial charge in [-0.1, -0.05) is 57.5 Å². The zero-order chi connectivity index (χ0) is 15.9. The van der Waals surface area contributed by atoms with Gasteiger partial charge in [0.1, 0.15) is 6.10 Å². The van der Waals surface area contributed by atoms with Gasteiger partial charge in [-0.15, -0.1) is 0 Å². The third-order valence-corrected chi connectivity index (χ3v) is 4.89. The summed E-state index contributed by atoms with van der Waals surface area (Å²) >= 11 is 0. The minimum Gasteiger partial charge on any atom is -0.462 e. The molecule has 1 aromatic carbocycles. The fourth-order valence-electron chi connectivity index (χ4n) is 3.17. The third-order valence-electron chi connectivity index (χ3n) is 4.89. The Kier molecular flexibility index (Phi) is 6.44. The first-order valence-corrected chi connectivity index (χ1v) is 8.63. The third kappa shape index (κ3) is 4.33. The van der Waals surface area contributed by atoms with Crippen LogP contribution in [0.4, 0.5) is 0 Å². The summed E-state index contributed by atoms with van der Waals surface area (Å²) in [5.41, 5.74) is 1.08. The van der Waals surface area contributed by atoms with Gasteiger partial charge in [-0.05, 0) is 30.9 Å². The highest BCUT2D eigenvalue weighted by atomic mass is 16.5. The van der Waals surface area contributed by atoms with E-state index in [4.69, 9.17) is 4.74 Å². The maximum absolute atomic E-state index is 12.7. The van der Waals surface area contributed by atoms with E-state index in [1.165, 1.54) is 0 Å². The van der Waals surface area contributed by atoms with Gasteiger partial charge in [-0.3, -0.25) is 4.79 Å². The second kappa shape index (κ2) is 8.33. The average Bonchev–Trinajstić information content (AvgIpc) is 2.56. The van der Waals surface area contributed by atoms with Crippen LogP contribution in [0.15, 0.2) is 30.3 Å². The van der Waals surface area contributed by atoms with Crippen molar-refractivity contribution in [3.8, 4) is 0 Å². The van der Waals surface area contributed by atoms with Gasteiger partial charge in [0, 0.05) is 13.1 Å². The monoisotopic (exact) mass is 303 g/mol. The van der Waals surface area contributed by atoms with Crippen molar-refractivity contribution >= 4 is 5.97 Å². The number of nitrogens with zero attached hydrogens (tertiary/aromatic N) is 1. The number of piperidine rings is 1. The number of hydrogen-bond donors (Lipinski definition) is 0. The predicted molar refractivity (Wildman–Crippen MR) is 89.9 cm³/mol. The van der Waals surface area contributed by atoms with Crippen molar-refractivity contribution in [1.82, 2.24) is 4.90 Å². The smallest absolute Gasteiger partial charge is 0.313 e. The molecule has 0 bridgehead atoms. The molecule has 1 saturated heterocycles. The zero-order valence-corrected chi connectivity index (χ0v) is 14.1. The predicted octanol–water partition coefficient (Wildman–Crippen LogP) is 3.84. The summed E-state index contributed by atoms with van der Waals surface area (Å²) in [6.07, 6.45) is 2.98. The molecule has 122 valence electrons. The summed E-state index contributed by atoms with van der Waals surface area (Å²) in [6, 6.07) is 10.1. The molecular weight excluding hydrogens is 274 g/mol. The fraction of sp³-hybridized carbons (Fsp3) is 0.632. The Bertz CT molecular complexity index is 452. The Morgan fingerprint density at radius 2 is 1.86 bits per heavy atom. The Balaban J connectivity index is 2.01. The molecule has 1 aliphatic heterocycles. The van der Waals surface area contributed by atoms with Crippen molar-refractivity contribution < 1.29 is 9.53 Å². The second-order valence-corrected chi connectivity index (χ2v) is 6.34. The van der Waals surface area contributed by atoms with Crippen LogP contribution in [0, 0.1) is 5.92 Å². The molecule has 1 aromatic rings. The van der Waals surface area contributed by atoms with Crippen molar-refractivity contribution in [3.05, 3.63) is 35.9 Å². The van der Waals surface area contributed by atoms with E-state index in [0.29, 0.717) is 5.92 Å². The maximum Gasteiger partial charge on any atom is 0.313 e. The van der Waals surface area contributed by atoms with Gasteiger partial charge in [0.2, 0.25) is 0 Å². The molecule has 0 saturated carbocycles. The highest BCUT2D eigenvalue weighted by molar-refractivity contribution is 5.78. The molecule has 1 fully saturated rings. The SMILES string of the molecule is CCC(C)C(C(=O)OC1CCN(CC)CC1)c1ccccc1. The number of likely N-dealkylation sites (tertiary alicyclic amines) is 1. The van der Waals surface area contributed by atoms with E-state index in [0.717, 1.165) is 44.5 Å². The zero-order valence-electron chi connectivity index (χ0n) is 14.1. The number of carbonyl (C=O) groups excluding carboxylic acids is 1. The van der Waals surface area contributed by atoms with E-state index in [9.17, 15) is 4.79 Å². The largest absolute Gasteiger partial charge is 0.462 e. The molecule has 0 aromatic heterocycles. The summed E-state index contributed by atoms with van der Waals surface area (Å²) in [5.74, 6) is 0.108. The number of rotatable bonds is 6. The van der Waals surface area contributed by atoms with Crippen LogP contribution in [0.2, 0.25) is 0 Å². The first-order chi connectivity index (χ1) is 10.7. The van der Waals surface area contributed by atoms with Crippen LogP contribution in [0.25, 0.3) is 0 Å². The lowest BCUT2D eigenvalue weighted by atomic mass is 9.85. The molecule has 1 aliphatic rings. The Labute approximate surface area is 134 Å². The van der Waals surface area contributed by atoms with E-state index < -0.39 is 0 Å². The van der Waals surface area contributed by atoms with Crippen LogP contribution < -0.4 is 0 Å². The average molecular weight is 303 g/mol. The standard InChI is InChI=1S/C19H29NO2/c1-4-15(3)18(16-9-7-6-8-10-16)19(21)22-17-11-13-20(5-2)14-12-17/h6-10,15,17-18H,4-5,11-14H2,1-3H3.